The van der Waals surface area contributed by atoms with Gasteiger partial charge in [-0.3, -0.25) is 4.79 Å². The van der Waals surface area contributed by atoms with Crippen molar-refractivity contribution in [3.05, 3.63) is 29.8 Å². The fourth-order valence-electron chi connectivity index (χ4n) is 3.16. The van der Waals surface area contributed by atoms with Crippen LogP contribution in [0.2, 0.25) is 0 Å². The van der Waals surface area contributed by atoms with Crippen LogP contribution in [-0.4, -0.2) is 71.0 Å². The van der Waals surface area contributed by atoms with E-state index >= 15 is 0 Å². The fourth-order valence-corrected chi connectivity index (χ4v) is 3.16. The highest BCUT2D eigenvalue weighted by atomic mass is 16.6. The average molecular weight is 437 g/mol. The fraction of sp³-hybridized carbons (Fsp3) is 0.591. The van der Waals surface area contributed by atoms with Gasteiger partial charge in [-0.25, -0.2) is 9.59 Å². The zero-order valence-electron chi connectivity index (χ0n) is 18.3. The summed E-state index contributed by atoms with van der Waals surface area (Å²) < 4.78 is 11.2. The summed E-state index contributed by atoms with van der Waals surface area (Å²) in [6, 6.07) is 6.51. The van der Waals surface area contributed by atoms with Gasteiger partial charge in [-0.2, -0.15) is 0 Å². The minimum absolute atomic E-state index is 0.260. The average Bonchev–Trinajstić information content (AvgIpc) is 2.71. The molecule has 31 heavy (non-hydrogen) atoms. The Bertz CT molecular complexity index is 750. The third-order valence-corrected chi connectivity index (χ3v) is 4.92. The molecule has 1 fully saturated rings. The number of hydrogen-bond donors (Lipinski definition) is 3. The summed E-state index contributed by atoms with van der Waals surface area (Å²) in [7, 11) is 0. The minimum atomic E-state index is -1.64. The number of rotatable bonds is 8. The smallest absolute Gasteiger partial charge is 0.410 e. The number of ether oxygens (including phenoxy) is 2. The largest absolute Gasteiger partial charge is 0.494 e. The van der Waals surface area contributed by atoms with Crippen LogP contribution in [0.5, 0.6) is 5.75 Å². The molecule has 1 heterocycles. The van der Waals surface area contributed by atoms with Gasteiger partial charge in [-0.1, -0.05) is 0 Å². The molecule has 1 saturated heterocycles. The predicted molar refractivity (Wildman–Crippen MR) is 113 cm³/mol. The van der Waals surface area contributed by atoms with Gasteiger partial charge in [0.25, 0.3) is 5.91 Å². The number of carbonyl (C=O) groups excluding carboxylic acids is 2. The van der Waals surface area contributed by atoms with Crippen LogP contribution in [-0.2, 0) is 9.53 Å². The lowest BCUT2D eigenvalue weighted by atomic mass is 9.94. The molecule has 1 atom stereocenters. The summed E-state index contributed by atoms with van der Waals surface area (Å²) in [5, 5.41) is 20.2. The molecule has 0 radical (unpaired) electrons. The number of amides is 2. The summed E-state index contributed by atoms with van der Waals surface area (Å²) >= 11 is 0. The number of carboxylic acids is 1. The van der Waals surface area contributed by atoms with E-state index in [0.29, 0.717) is 36.9 Å². The second-order valence-corrected chi connectivity index (χ2v) is 8.64. The molecule has 0 unspecified atom stereocenters. The predicted octanol–water partition coefficient (Wildman–Crippen LogP) is 2.28. The maximum Gasteiger partial charge on any atom is 0.410 e. The van der Waals surface area contributed by atoms with Crippen LogP contribution < -0.4 is 10.1 Å². The molecular weight excluding hydrogens is 404 g/mol. The summed E-state index contributed by atoms with van der Waals surface area (Å²) in [5.74, 6) is -0.749. The molecule has 0 spiro atoms. The van der Waals surface area contributed by atoms with Crippen LogP contribution in [0.15, 0.2) is 24.3 Å². The maximum absolute atomic E-state index is 12.1. The second kappa shape index (κ2) is 11.0. The van der Waals surface area contributed by atoms with E-state index in [1.807, 2.05) is 20.8 Å². The highest BCUT2D eigenvalue weighted by Gasteiger charge is 2.26. The first-order chi connectivity index (χ1) is 14.5. The number of carbonyl (C=O) groups is 3. The van der Waals surface area contributed by atoms with Gasteiger partial charge in [-0.05, 0) is 70.2 Å². The highest BCUT2D eigenvalue weighted by molar-refractivity contribution is 5.94. The topological polar surface area (TPSA) is 125 Å². The first-order valence-electron chi connectivity index (χ1n) is 10.4. The van der Waals surface area contributed by atoms with Crippen molar-refractivity contribution in [3.8, 4) is 5.75 Å². The van der Waals surface area contributed by atoms with Gasteiger partial charge in [0, 0.05) is 18.7 Å². The lowest BCUT2D eigenvalue weighted by Gasteiger charge is -2.33. The molecule has 0 aliphatic carbocycles. The Morgan fingerprint density at radius 2 is 1.77 bits per heavy atom. The number of aliphatic carboxylic acids is 1. The van der Waals surface area contributed by atoms with Gasteiger partial charge < -0.3 is 29.9 Å². The van der Waals surface area contributed by atoms with E-state index in [-0.39, 0.29) is 12.6 Å². The number of nitrogens with one attached hydrogen (secondary N) is 1. The summed E-state index contributed by atoms with van der Waals surface area (Å²) in [4.78, 5) is 36.4. The Kier molecular flexibility index (Phi) is 8.67. The first kappa shape index (κ1) is 24.5. The number of carboxylic acid groups (broad SMARTS) is 1. The molecule has 9 nitrogen and oxygen atoms in total. The molecule has 0 bridgehead atoms. The maximum atomic E-state index is 12.1. The van der Waals surface area contributed by atoms with Crippen molar-refractivity contribution in [1.82, 2.24) is 10.2 Å². The van der Waals surface area contributed by atoms with Crippen LogP contribution in [0.4, 0.5) is 4.79 Å². The summed E-state index contributed by atoms with van der Waals surface area (Å²) in [5.41, 5.74) is -0.142. The highest BCUT2D eigenvalue weighted by Crippen LogP contribution is 2.23. The minimum Gasteiger partial charge on any atom is -0.494 e. The van der Waals surface area contributed by atoms with Gasteiger partial charge in [0.1, 0.15) is 11.4 Å². The van der Waals surface area contributed by atoms with E-state index in [1.165, 1.54) is 0 Å². The monoisotopic (exact) mass is 436 g/mol. The molecule has 1 aromatic carbocycles. The van der Waals surface area contributed by atoms with E-state index in [0.717, 1.165) is 19.3 Å². The van der Waals surface area contributed by atoms with Crippen molar-refractivity contribution in [3.63, 3.8) is 0 Å². The zero-order valence-corrected chi connectivity index (χ0v) is 18.3. The lowest BCUT2D eigenvalue weighted by molar-refractivity contribution is -0.146. The normalized spacial score (nSPS) is 15.8. The van der Waals surface area contributed by atoms with Crippen LogP contribution in [0.25, 0.3) is 0 Å². The quantitative estimate of drug-likeness (QED) is 0.571. The molecule has 2 amide bonds. The number of hydrogen-bond acceptors (Lipinski definition) is 6. The summed E-state index contributed by atoms with van der Waals surface area (Å²) in [6.45, 7) is 7.11. The molecule has 3 N–H and O–H groups in total. The van der Waals surface area contributed by atoms with Gasteiger partial charge in [-0.15, -0.1) is 0 Å². The molecule has 172 valence electrons. The molecule has 0 aromatic heterocycles. The van der Waals surface area contributed by atoms with Crippen molar-refractivity contribution in [2.24, 2.45) is 5.92 Å². The second-order valence-electron chi connectivity index (χ2n) is 8.64. The van der Waals surface area contributed by atoms with E-state index in [9.17, 15) is 19.5 Å². The standard InChI is InChI=1S/C22H32N2O7/c1-22(2,3)31-21(29)24-11-8-15(9-12-24)10-13-30-17-6-4-16(5-7-17)19(26)23-14-18(25)20(27)28/h4-7,15,18,25H,8-14H2,1-3H3,(H,23,26)(H,27,28)/t18-/m0/s1. The zero-order chi connectivity index (χ0) is 23.0. The molecule has 1 aliphatic rings. The van der Waals surface area contributed by atoms with Crippen LogP contribution >= 0.6 is 0 Å². The number of benzene rings is 1. The number of aliphatic hydroxyl groups is 1. The van der Waals surface area contributed by atoms with Crippen molar-refractivity contribution in [2.75, 3.05) is 26.2 Å². The number of piperidine rings is 1. The van der Waals surface area contributed by atoms with Crippen LogP contribution in [0, 0.1) is 5.92 Å². The number of nitrogens with zero attached hydrogens (tertiary/aromatic N) is 1. The van der Waals surface area contributed by atoms with E-state index in [1.54, 1.807) is 29.2 Å². The molecule has 9 heteroatoms. The van der Waals surface area contributed by atoms with Crippen LogP contribution in [0.3, 0.4) is 0 Å². The van der Waals surface area contributed by atoms with E-state index in [2.05, 4.69) is 5.32 Å². The molecule has 0 saturated carbocycles. The molecule has 1 aliphatic heterocycles. The number of likely N-dealkylation sites (tertiary alicyclic amines) is 1. The van der Waals surface area contributed by atoms with Crippen molar-refractivity contribution >= 4 is 18.0 Å². The Morgan fingerprint density at radius 3 is 2.32 bits per heavy atom. The molecule has 2 rings (SSSR count). The number of aliphatic hydroxyl groups excluding tert-OH is 1. The van der Waals surface area contributed by atoms with Crippen molar-refractivity contribution in [2.45, 2.75) is 51.7 Å². The Hall–Kier alpha value is -2.81. The summed E-state index contributed by atoms with van der Waals surface area (Å²) in [6.07, 6.45) is 0.789. The lowest BCUT2D eigenvalue weighted by Crippen LogP contribution is -2.41. The Balaban J connectivity index is 1.68. The van der Waals surface area contributed by atoms with Crippen LogP contribution in [0.1, 0.15) is 50.4 Å². The van der Waals surface area contributed by atoms with Gasteiger partial charge >= 0.3 is 12.1 Å². The van der Waals surface area contributed by atoms with Crippen molar-refractivity contribution < 1.29 is 34.1 Å². The van der Waals surface area contributed by atoms with Gasteiger partial charge in [0.2, 0.25) is 0 Å². The third-order valence-electron chi connectivity index (χ3n) is 4.92. The Labute approximate surface area is 182 Å². The SMILES string of the molecule is CC(C)(C)OC(=O)N1CCC(CCOc2ccc(C(=O)NC[C@H](O)C(=O)O)cc2)CC1. The molecular formula is C22H32N2O7. The van der Waals surface area contributed by atoms with Gasteiger partial charge in [0.15, 0.2) is 6.10 Å². The van der Waals surface area contributed by atoms with Gasteiger partial charge in [0.05, 0.1) is 13.2 Å². The van der Waals surface area contributed by atoms with E-state index < -0.39 is 23.6 Å². The van der Waals surface area contributed by atoms with E-state index in [4.69, 9.17) is 14.6 Å². The molecule has 1 aromatic rings. The van der Waals surface area contributed by atoms with Crippen molar-refractivity contribution in [1.29, 1.82) is 0 Å². The third kappa shape index (κ3) is 8.45. The first-order valence-corrected chi connectivity index (χ1v) is 10.4. The Morgan fingerprint density at radius 1 is 1.16 bits per heavy atom.